The number of nitrogen functional groups attached to an aromatic ring is 2. The first-order chi connectivity index (χ1) is 33.3. The van der Waals surface area contributed by atoms with Crippen LogP contribution in [0.25, 0.3) is 0 Å². The number of carbonyl (C=O) groups excluding carboxylic acids is 7. The molecule has 3 aromatic rings. The third-order valence-electron chi connectivity index (χ3n) is 9.38. The van der Waals surface area contributed by atoms with E-state index in [4.69, 9.17) is 45.2 Å². The Morgan fingerprint density at radius 3 is 2.12 bits per heavy atom. The number of nitrogens with zero attached hydrogens (tertiary/aromatic N) is 6. The van der Waals surface area contributed by atoms with Crippen molar-refractivity contribution in [3.8, 4) is 5.75 Å². The number of thioether (sulfide) groups is 1. The van der Waals surface area contributed by atoms with Crippen LogP contribution < -0.4 is 47.3 Å². The molecule has 2 aliphatic heterocycles. The van der Waals surface area contributed by atoms with Crippen molar-refractivity contribution in [3.05, 3.63) is 53.1 Å². The number of nitrogens with one attached hydrogen (secondary N) is 4. The van der Waals surface area contributed by atoms with Gasteiger partial charge in [-0.15, -0.1) is 21.1 Å². The molecule has 0 bridgehead atoms. The Morgan fingerprint density at radius 1 is 0.958 bits per heavy atom. The lowest BCUT2D eigenvalue weighted by Crippen LogP contribution is -2.71. The number of aromatic nitrogens is 4. The maximum Gasteiger partial charge on any atom is 0.430 e. The predicted molar refractivity (Wildman–Crippen MR) is 249 cm³/mol. The van der Waals surface area contributed by atoms with Crippen LogP contribution in [0.3, 0.4) is 0 Å². The van der Waals surface area contributed by atoms with Gasteiger partial charge in [0.15, 0.2) is 23.2 Å². The van der Waals surface area contributed by atoms with Crippen molar-refractivity contribution in [2.75, 3.05) is 42.7 Å². The minimum absolute atomic E-state index is 0.0183. The van der Waals surface area contributed by atoms with Crippen molar-refractivity contribution >= 4 is 87.5 Å². The van der Waals surface area contributed by atoms with Gasteiger partial charge < -0.3 is 61.1 Å². The summed E-state index contributed by atoms with van der Waals surface area (Å²) in [6, 6.07) is 5.13. The quantitative estimate of drug-likeness (QED) is 0.0223. The first-order valence-electron chi connectivity index (χ1n) is 21.3. The fraction of sp³-hybridized carbons (Fsp3) is 0.500. The molecule has 2 atom stereocenters. The highest BCUT2D eigenvalue weighted by Crippen LogP contribution is 2.41. The summed E-state index contributed by atoms with van der Waals surface area (Å²) in [7, 11) is 3.18. The van der Waals surface area contributed by atoms with E-state index >= 15 is 0 Å². The second-order valence-electron chi connectivity index (χ2n) is 17.9. The number of carbonyl (C=O) groups is 7. The number of alkyl halides is 3. The zero-order valence-corrected chi connectivity index (χ0v) is 42.3. The van der Waals surface area contributed by atoms with Crippen molar-refractivity contribution < 1.29 is 80.3 Å². The number of carboxylic acids is 1. The van der Waals surface area contributed by atoms with Crippen LogP contribution >= 0.6 is 23.3 Å². The highest BCUT2D eigenvalue weighted by atomic mass is 32.2. The minimum atomic E-state index is -5.19. The Balaban J connectivity index is 0.00000149. The van der Waals surface area contributed by atoms with Gasteiger partial charge in [0.2, 0.25) is 23.3 Å². The number of fused-ring (bicyclic) bond motifs is 1. The number of oxime groups is 1. The molecule has 25 nitrogen and oxygen atoms in total. The van der Waals surface area contributed by atoms with Gasteiger partial charge in [0, 0.05) is 35.9 Å². The molecule has 2 aromatic heterocycles. The summed E-state index contributed by atoms with van der Waals surface area (Å²) in [4.78, 5) is 99.3. The van der Waals surface area contributed by atoms with Crippen molar-refractivity contribution in [2.45, 2.75) is 103 Å². The lowest BCUT2D eigenvalue weighted by atomic mass is 10.0. The molecule has 1 fully saturated rings. The molecule has 4 heterocycles. The Kier molecular flexibility index (Phi) is 18.5. The number of aliphatic carboxylic acids is 1. The molecule has 394 valence electrons. The lowest BCUT2D eigenvalue weighted by Gasteiger charge is -2.49. The second kappa shape index (κ2) is 23.2. The van der Waals surface area contributed by atoms with E-state index in [0.29, 0.717) is 16.9 Å². The van der Waals surface area contributed by atoms with Crippen LogP contribution in [-0.2, 0) is 63.2 Å². The van der Waals surface area contributed by atoms with E-state index in [2.05, 4.69) is 35.8 Å². The fourth-order valence-electron chi connectivity index (χ4n) is 5.93. The number of hydrogen-bond acceptors (Lipinski definition) is 20. The van der Waals surface area contributed by atoms with Crippen molar-refractivity contribution in [1.82, 2.24) is 34.9 Å². The Hall–Kier alpha value is -7.37. The molecule has 2 aliphatic rings. The summed E-state index contributed by atoms with van der Waals surface area (Å²) in [5.41, 5.74) is 9.88. The molecule has 0 spiro atoms. The fourth-order valence-corrected chi connectivity index (χ4v) is 7.70. The lowest BCUT2D eigenvalue weighted by molar-refractivity contribution is -0.765. The molecule has 72 heavy (non-hydrogen) atoms. The standard InChI is InChI=1S/C40H54N12O11S2.C2HF3O2/c1-38(2,3)61-34(56)40(7,8)63-48-25(29-47-35(42)65-49-29)30(53)46-26-31(54)52-27(33(55)60-19-21-11-13-23(59-10)14-12-21)22(20-64-32(26)52)17-51-18-24(28(41)50(51)9)45-36(57)43-15-16-44-37(58)62-39(4,5)6;3-2(4,5)1(6)7/h11-14,18,26,32,41H,15-17,19-20H2,1-10H3,(H6,42,43,44,45,46,47,49,53,57,58);(H,6,7)/t26-,32-;/m1./s1. The van der Waals surface area contributed by atoms with Crippen LogP contribution in [0.4, 0.5) is 39.4 Å². The molecule has 8 N–H and O–H groups in total. The van der Waals surface area contributed by atoms with Crippen molar-refractivity contribution in [3.63, 3.8) is 0 Å². The minimum Gasteiger partial charge on any atom is -0.542 e. The molecule has 1 aromatic carbocycles. The van der Waals surface area contributed by atoms with E-state index in [9.17, 15) is 41.9 Å². The van der Waals surface area contributed by atoms with Crippen LogP contribution in [0, 0.1) is 0 Å². The van der Waals surface area contributed by atoms with Gasteiger partial charge in [0.25, 0.3) is 11.8 Å². The number of rotatable bonds is 16. The predicted octanol–water partition coefficient (Wildman–Crippen LogP) is 1.22. The average molecular weight is 1060 g/mol. The number of β-lactam (4-membered cyclic amide) rings is 1. The average Bonchev–Trinajstić information content (AvgIpc) is 3.82. The first kappa shape index (κ1) is 57.2. The van der Waals surface area contributed by atoms with E-state index in [1.54, 1.807) is 88.4 Å². The van der Waals surface area contributed by atoms with Gasteiger partial charge in [-0.05, 0) is 73.1 Å². The number of esters is 2. The smallest absolute Gasteiger partial charge is 0.430 e. The van der Waals surface area contributed by atoms with Crippen molar-refractivity contribution in [2.24, 2.45) is 12.2 Å². The first-order valence-corrected chi connectivity index (χ1v) is 23.2. The van der Waals surface area contributed by atoms with Gasteiger partial charge in [-0.3, -0.25) is 19.8 Å². The summed E-state index contributed by atoms with van der Waals surface area (Å²) < 4.78 is 60.4. The number of carboxylic acid groups (broad SMARTS) is 1. The monoisotopic (exact) mass is 1060 g/mol. The normalized spacial score (nSPS) is 15.9. The van der Waals surface area contributed by atoms with Crippen LogP contribution in [0.5, 0.6) is 5.75 Å². The third kappa shape index (κ3) is 15.8. The number of anilines is 3. The molecular weight excluding hydrogens is 1000 g/mol. The van der Waals surface area contributed by atoms with Gasteiger partial charge in [0.1, 0.15) is 46.6 Å². The van der Waals surface area contributed by atoms with E-state index in [0.717, 1.165) is 11.5 Å². The molecule has 30 heteroatoms. The van der Waals surface area contributed by atoms with Crippen molar-refractivity contribution in [1.29, 1.82) is 0 Å². The zero-order valence-electron chi connectivity index (χ0n) is 40.7. The molecule has 5 rings (SSSR count). The van der Waals surface area contributed by atoms with Gasteiger partial charge in [0.05, 0.1) is 14.2 Å². The van der Waals surface area contributed by atoms with Crippen LogP contribution in [0.2, 0.25) is 0 Å². The van der Waals surface area contributed by atoms with Gasteiger partial charge in [-0.25, -0.2) is 19.2 Å². The number of amides is 5. The number of hydrogen-bond donors (Lipinski definition) is 6. The SMILES string of the molecule is COc1ccc(COC(=O)C2=C(C[n+]3cc(NC(=O)NCCNC(=O)OC(C)(C)C)c(N)n3C)CS[C@@H]3[C@H](NC(=O)C(=NOC(C)(C)C(=O)OC(C)(C)C)c4nsc(N)n4)C(=O)N23)cc1.O=C([O-])C(F)(F)F. The number of halogens is 3. The topological polar surface area (TPSA) is 339 Å². The van der Waals surface area contributed by atoms with Crippen LogP contribution in [0.1, 0.15) is 66.8 Å². The van der Waals surface area contributed by atoms with Gasteiger partial charge in [-0.1, -0.05) is 17.3 Å². The number of nitrogens with two attached hydrogens (primary N) is 2. The zero-order chi connectivity index (χ0) is 54.1. The highest BCUT2D eigenvalue weighted by molar-refractivity contribution is 8.00. The van der Waals surface area contributed by atoms with Crippen LogP contribution in [-0.4, -0.2) is 127 Å². The summed E-state index contributed by atoms with van der Waals surface area (Å²) >= 11 is 2.06. The molecule has 1 saturated heterocycles. The Labute approximate surface area is 418 Å². The van der Waals surface area contributed by atoms with E-state index in [1.165, 1.54) is 37.6 Å². The maximum absolute atomic E-state index is 14.1. The summed E-state index contributed by atoms with van der Waals surface area (Å²) in [6.07, 6.45) is -4.26. The summed E-state index contributed by atoms with van der Waals surface area (Å²) in [6.45, 7) is 13.1. The highest BCUT2D eigenvalue weighted by Gasteiger charge is 2.55. The van der Waals surface area contributed by atoms with Crippen LogP contribution in [0.15, 0.2) is 46.9 Å². The summed E-state index contributed by atoms with van der Waals surface area (Å²) in [5, 5.41) is 22.5. The second-order valence-corrected chi connectivity index (χ2v) is 19.8. The molecule has 0 unspecified atom stereocenters. The van der Waals surface area contributed by atoms with E-state index in [1.807, 2.05) is 0 Å². The van der Waals surface area contributed by atoms with Gasteiger partial charge in [-0.2, -0.15) is 22.5 Å². The molecule has 0 aliphatic carbocycles. The largest absolute Gasteiger partial charge is 0.542 e. The van der Waals surface area contributed by atoms with Gasteiger partial charge >= 0.3 is 30.2 Å². The number of benzene rings is 1. The van der Waals surface area contributed by atoms with E-state index < -0.39 is 82.0 Å². The molecule has 0 radical (unpaired) electrons. The van der Waals surface area contributed by atoms with E-state index in [-0.39, 0.29) is 60.2 Å². The number of alkyl carbamates (subject to hydrolysis) is 1. The maximum atomic E-state index is 14.1. The summed E-state index contributed by atoms with van der Waals surface area (Å²) in [5.74, 6) is -5.36. The Bertz CT molecular complexity index is 2590. The molecule has 0 saturated carbocycles. The number of methoxy groups -OCH3 is 1. The number of ether oxygens (including phenoxy) is 4. The molecule has 5 amide bonds. The number of urea groups is 1. The molecular formula is C42H55F3N12O13S2. The Morgan fingerprint density at radius 2 is 1.57 bits per heavy atom. The third-order valence-corrected chi connectivity index (χ3v) is 11.3.